The number of aryl methyl sites for hydroxylation is 2. The van der Waals surface area contributed by atoms with Crippen molar-refractivity contribution in [3.8, 4) is 0 Å². The minimum Gasteiger partial charge on any atom is -0.327 e. The lowest BCUT2D eigenvalue weighted by atomic mass is 10.0. The third kappa shape index (κ3) is 3.43. The molecule has 108 valence electrons. The van der Waals surface area contributed by atoms with E-state index in [1.165, 1.54) is 5.56 Å². The lowest BCUT2D eigenvalue weighted by molar-refractivity contribution is 0.611. The molecule has 0 aliphatic carbocycles. The molecule has 1 aromatic heterocycles. The van der Waals surface area contributed by atoms with Gasteiger partial charge in [0.2, 0.25) is 0 Å². The first-order valence-corrected chi connectivity index (χ1v) is 7.89. The van der Waals surface area contributed by atoms with Crippen molar-refractivity contribution in [1.29, 1.82) is 0 Å². The summed E-state index contributed by atoms with van der Waals surface area (Å²) in [5.74, 6) is 0. The van der Waals surface area contributed by atoms with Gasteiger partial charge in [-0.15, -0.1) is 0 Å². The van der Waals surface area contributed by atoms with Crippen molar-refractivity contribution < 1.29 is 0 Å². The molecule has 20 heavy (non-hydrogen) atoms. The number of nitrogens with zero attached hydrogens (tertiary/aromatic N) is 2. The summed E-state index contributed by atoms with van der Waals surface area (Å²) in [4.78, 5) is 0. The number of nitrogens with two attached hydrogens (primary N) is 1. The van der Waals surface area contributed by atoms with E-state index in [9.17, 15) is 0 Å². The zero-order valence-electron chi connectivity index (χ0n) is 11.7. The lowest BCUT2D eigenvalue weighted by Crippen LogP contribution is -2.27. The predicted molar refractivity (Wildman–Crippen MR) is 87.1 cm³/mol. The molecule has 0 saturated heterocycles. The van der Waals surface area contributed by atoms with Crippen LogP contribution in [0.2, 0.25) is 5.02 Å². The molecule has 1 unspecified atom stereocenters. The number of benzene rings is 1. The van der Waals surface area contributed by atoms with Gasteiger partial charge in [0.05, 0.1) is 16.4 Å². The van der Waals surface area contributed by atoms with Crippen molar-refractivity contribution in [2.24, 2.45) is 12.8 Å². The minimum atomic E-state index is 0.0197. The van der Waals surface area contributed by atoms with Gasteiger partial charge in [-0.05, 0) is 24.5 Å². The predicted octanol–water partition coefficient (Wildman–Crippen LogP) is 3.51. The first kappa shape index (κ1) is 15.5. The summed E-state index contributed by atoms with van der Waals surface area (Å²) < 4.78 is 2.95. The van der Waals surface area contributed by atoms with Crippen LogP contribution in [0, 0.1) is 0 Å². The molecule has 0 amide bonds. The Kier molecular flexibility index (Phi) is 5.24. The van der Waals surface area contributed by atoms with E-state index in [1.807, 2.05) is 29.9 Å². The number of rotatable bonds is 5. The molecule has 0 aliphatic rings. The molecular formula is C15H19BrClN3. The smallest absolute Gasteiger partial charge is 0.0850 e. The molecule has 1 aromatic carbocycles. The van der Waals surface area contributed by atoms with Gasteiger partial charge in [0.15, 0.2) is 0 Å². The second-order valence-electron chi connectivity index (χ2n) is 4.94. The van der Waals surface area contributed by atoms with Crippen molar-refractivity contribution in [1.82, 2.24) is 9.78 Å². The lowest BCUT2D eigenvalue weighted by Gasteiger charge is -2.13. The van der Waals surface area contributed by atoms with Gasteiger partial charge in [-0.3, -0.25) is 4.68 Å². The fourth-order valence-corrected chi connectivity index (χ4v) is 3.13. The Labute approximate surface area is 133 Å². The topological polar surface area (TPSA) is 43.8 Å². The molecular weight excluding hydrogens is 338 g/mol. The van der Waals surface area contributed by atoms with Crippen LogP contribution in [-0.2, 0) is 26.3 Å². The molecule has 1 heterocycles. The monoisotopic (exact) mass is 355 g/mol. The maximum absolute atomic E-state index is 6.36. The first-order valence-electron chi connectivity index (χ1n) is 6.72. The summed E-state index contributed by atoms with van der Waals surface area (Å²) in [6.07, 6.45) is 2.38. The van der Waals surface area contributed by atoms with Gasteiger partial charge in [0, 0.05) is 24.0 Å². The third-order valence-electron chi connectivity index (χ3n) is 3.40. The molecule has 1 atom stereocenters. The first-order chi connectivity index (χ1) is 9.52. The number of hydrogen-bond donors (Lipinski definition) is 1. The second kappa shape index (κ2) is 6.74. The van der Waals surface area contributed by atoms with Crippen LogP contribution in [0.3, 0.4) is 0 Å². The quantitative estimate of drug-likeness (QED) is 0.891. The third-order valence-corrected chi connectivity index (χ3v) is 4.61. The van der Waals surface area contributed by atoms with Crippen LogP contribution >= 0.6 is 27.5 Å². The normalized spacial score (nSPS) is 12.7. The van der Waals surface area contributed by atoms with E-state index in [1.54, 1.807) is 0 Å². The number of hydrogen-bond acceptors (Lipinski definition) is 2. The standard InChI is InChI=1S/C15H19BrClN3/c1-3-13-15(17)14(20(2)19-13)9-11(18)8-10-6-4-5-7-12(10)16/h4-7,11H,3,8-9,18H2,1-2H3. The van der Waals surface area contributed by atoms with Crippen LogP contribution in [0.5, 0.6) is 0 Å². The second-order valence-corrected chi connectivity index (χ2v) is 6.18. The average molecular weight is 357 g/mol. The molecule has 0 aliphatic heterocycles. The van der Waals surface area contributed by atoms with Gasteiger partial charge in [-0.25, -0.2) is 0 Å². The molecule has 0 spiro atoms. The van der Waals surface area contributed by atoms with E-state index < -0.39 is 0 Å². The van der Waals surface area contributed by atoms with E-state index in [-0.39, 0.29) is 6.04 Å². The summed E-state index contributed by atoms with van der Waals surface area (Å²) in [6.45, 7) is 2.05. The van der Waals surface area contributed by atoms with Gasteiger partial charge >= 0.3 is 0 Å². The summed E-state index contributed by atoms with van der Waals surface area (Å²) >= 11 is 9.92. The van der Waals surface area contributed by atoms with Crippen molar-refractivity contribution in [2.75, 3.05) is 0 Å². The highest BCUT2D eigenvalue weighted by Gasteiger charge is 2.16. The number of aromatic nitrogens is 2. The average Bonchev–Trinajstić information content (AvgIpc) is 2.69. The van der Waals surface area contributed by atoms with Gasteiger partial charge < -0.3 is 5.73 Å². The fourth-order valence-electron chi connectivity index (χ4n) is 2.31. The zero-order valence-corrected chi connectivity index (χ0v) is 14.1. The van der Waals surface area contributed by atoms with Crippen LogP contribution in [0.25, 0.3) is 0 Å². The van der Waals surface area contributed by atoms with E-state index in [0.717, 1.165) is 40.1 Å². The Balaban J connectivity index is 2.11. The molecule has 0 fully saturated rings. The van der Waals surface area contributed by atoms with E-state index in [0.29, 0.717) is 0 Å². The molecule has 0 bridgehead atoms. The highest BCUT2D eigenvalue weighted by Crippen LogP contribution is 2.23. The summed E-state index contributed by atoms with van der Waals surface area (Å²) in [5, 5.41) is 5.19. The molecule has 3 nitrogen and oxygen atoms in total. The fraction of sp³-hybridized carbons (Fsp3) is 0.400. The Hall–Kier alpha value is -0.840. The van der Waals surface area contributed by atoms with Crippen LogP contribution in [0.15, 0.2) is 28.7 Å². The molecule has 2 aromatic rings. The van der Waals surface area contributed by atoms with E-state index in [4.69, 9.17) is 17.3 Å². The highest BCUT2D eigenvalue weighted by atomic mass is 79.9. The maximum atomic E-state index is 6.36. The maximum Gasteiger partial charge on any atom is 0.0850 e. The molecule has 2 rings (SSSR count). The Bertz CT molecular complexity index is 595. The highest BCUT2D eigenvalue weighted by molar-refractivity contribution is 9.10. The molecule has 2 N–H and O–H groups in total. The summed E-state index contributed by atoms with van der Waals surface area (Å²) in [6, 6.07) is 8.18. The van der Waals surface area contributed by atoms with E-state index in [2.05, 4.69) is 34.0 Å². The van der Waals surface area contributed by atoms with Crippen molar-refractivity contribution in [3.63, 3.8) is 0 Å². The Morgan fingerprint density at radius 1 is 1.35 bits per heavy atom. The molecule has 0 saturated carbocycles. The Morgan fingerprint density at radius 2 is 2.05 bits per heavy atom. The Morgan fingerprint density at radius 3 is 2.65 bits per heavy atom. The number of halogens is 2. The zero-order chi connectivity index (χ0) is 14.7. The van der Waals surface area contributed by atoms with Gasteiger partial charge in [-0.1, -0.05) is 52.7 Å². The van der Waals surface area contributed by atoms with Gasteiger partial charge in [-0.2, -0.15) is 5.10 Å². The van der Waals surface area contributed by atoms with Gasteiger partial charge in [0.1, 0.15) is 0 Å². The summed E-state index contributed by atoms with van der Waals surface area (Å²) in [5.41, 5.74) is 9.45. The van der Waals surface area contributed by atoms with Crippen LogP contribution < -0.4 is 5.73 Å². The SMILES string of the molecule is CCc1nn(C)c(CC(N)Cc2ccccc2Br)c1Cl. The van der Waals surface area contributed by atoms with Crippen LogP contribution in [0.1, 0.15) is 23.9 Å². The van der Waals surface area contributed by atoms with Crippen LogP contribution in [0.4, 0.5) is 0 Å². The van der Waals surface area contributed by atoms with Gasteiger partial charge in [0.25, 0.3) is 0 Å². The van der Waals surface area contributed by atoms with Crippen LogP contribution in [-0.4, -0.2) is 15.8 Å². The van der Waals surface area contributed by atoms with Crippen molar-refractivity contribution >= 4 is 27.5 Å². The minimum absolute atomic E-state index is 0.0197. The summed E-state index contributed by atoms with van der Waals surface area (Å²) in [7, 11) is 1.92. The van der Waals surface area contributed by atoms with E-state index >= 15 is 0 Å². The largest absolute Gasteiger partial charge is 0.327 e. The molecule has 5 heteroatoms. The van der Waals surface area contributed by atoms with Crippen molar-refractivity contribution in [3.05, 3.63) is 50.7 Å². The molecule has 0 radical (unpaired) electrons. The van der Waals surface area contributed by atoms with Crippen molar-refractivity contribution in [2.45, 2.75) is 32.2 Å².